The summed E-state index contributed by atoms with van der Waals surface area (Å²) in [5, 5.41) is 0. The van der Waals surface area contributed by atoms with E-state index in [1.807, 2.05) is 12.1 Å². The third kappa shape index (κ3) is 5.08. The lowest BCUT2D eigenvalue weighted by Gasteiger charge is -2.19. The smallest absolute Gasteiger partial charge is 0.338 e. The lowest BCUT2D eigenvalue weighted by molar-refractivity contribution is 0.0378. The van der Waals surface area contributed by atoms with Crippen LogP contribution in [-0.2, 0) is 20.2 Å². The van der Waals surface area contributed by atoms with E-state index in [0.717, 1.165) is 5.56 Å². The normalized spacial score (nSPS) is 12.1. The molecule has 2 aromatic rings. The number of hydrogen-bond acceptors (Lipinski definition) is 4. The van der Waals surface area contributed by atoms with Crippen molar-refractivity contribution in [1.29, 1.82) is 0 Å². The first kappa shape index (κ1) is 20.0. The summed E-state index contributed by atoms with van der Waals surface area (Å²) in [6.45, 7) is 9.75. The Balaban J connectivity index is 2.15. The van der Waals surface area contributed by atoms with E-state index in [1.165, 1.54) is 24.3 Å². The quantitative estimate of drug-likeness (QED) is 0.789. The van der Waals surface area contributed by atoms with Gasteiger partial charge in [0, 0.05) is 5.69 Å². The Morgan fingerprint density at radius 3 is 1.96 bits per heavy atom. The summed E-state index contributed by atoms with van der Waals surface area (Å²) in [7, 11) is -3.69. The van der Waals surface area contributed by atoms with Crippen LogP contribution < -0.4 is 4.72 Å². The minimum absolute atomic E-state index is 0.0455. The second-order valence-corrected chi connectivity index (χ2v) is 9.09. The van der Waals surface area contributed by atoms with Crippen LogP contribution in [0.4, 0.5) is 5.69 Å². The number of hydrogen-bond donors (Lipinski definition) is 1. The van der Waals surface area contributed by atoms with Gasteiger partial charge in [0.15, 0.2) is 0 Å². The van der Waals surface area contributed by atoms with Crippen molar-refractivity contribution in [3.05, 3.63) is 59.7 Å². The largest absolute Gasteiger partial charge is 0.459 e. The Morgan fingerprint density at radius 2 is 1.50 bits per heavy atom. The molecule has 0 saturated carbocycles. The van der Waals surface area contributed by atoms with Crippen LogP contribution in [0.15, 0.2) is 53.4 Å². The fourth-order valence-electron chi connectivity index (χ4n) is 2.30. The topological polar surface area (TPSA) is 72.5 Å². The predicted molar refractivity (Wildman–Crippen MR) is 103 cm³/mol. The van der Waals surface area contributed by atoms with E-state index in [9.17, 15) is 13.2 Å². The molecule has 2 rings (SSSR count). The Kier molecular flexibility index (Phi) is 5.76. The summed E-state index contributed by atoms with van der Waals surface area (Å²) in [5.41, 5.74) is 1.77. The monoisotopic (exact) mass is 375 g/mol. The number of benzene rings is 2. The maximum atomic E-state index is 12.5. The predicted octanol–water partition coefficient (Wildman–Crippen LogP) is 4.35. The molecule has 0 unspecified atom stereocenters. The van der Waals surface area contributed by atoms with Crippen LogP contribution in [0.3, 0.4) is 0 Å². The summed E-state index contributed by atoms with van der Waals surface area (Å²) in [6.07, 6.45) is -0.211. The number of rotatable bonds is 5. The number of carbonyl (C=O) groups excluding carboxylic acids is 1. The summed E-state index contributed by atoms with van der Waals surface area (Å²) >= 11 is 0. The first-order chi connectivity index (χ1) is 12.0. The van der Waals surface area contributed by atoms with Gasteiger partial charge in [-0.25, -0.2) is 13.2 Å². The molecule has 0 atom stereocenters. The molecule has 0 aromatic heterocycles. The third-order valence-corrected chi connectivity index (χ3v) is 5.14. The number of carbonyl (C=O) groups is 1. The lowest BCUT2D eigenvalue weighted by atomic mass is 9.87. The van der Waals surface area contributed by atoms with Crippen molar-refractivity contribution in [1.82, 2.24) is 0 Å². The average Bonchev–Trinajstić information content (AvgIpc) is 2.54. The number of ether oxygens (including phenoxy) is 1. The van der Waals surface area contributed by atoms with Crippen LogP contribution in [0.25, 0.3) is 0 Å². The number of sulfonamides is 1. The zero-order valence-corrected chi connectivity index (χ0v) is 16.6. The van der Waals surface area contributed by atoms with E-state index in [1.54, 1.807) is 26.0 Å². The number of anilines is 1. The molecule has 0 saturated heterocycles. The van der Waals surface area contributed by atoms with Crippen LogP contribution in [0, 0.1) is 0 Å². The van der Waals surface area contributed by atoms with Crippen molar-refractivity contribution in [3.63, 3.8) is 0 Å². The fraction of sp³-hybridized carbons (Fsp3) is 0.350. The third-order valence-electron chi connectivity index (χ3n) is 3.75. The Morgan fingerprint density at radius 1 is 0.962 bits per heavy atom. The SMILES string of the molecule is CC(C)OC(=O)c1ccc(NS(=O)(=O)c2ccc(C(C)(C)C)cc2)cc1. The van der Waals surface area contributed by atoms with Crippen LogP contribution in [0.2, 0.25) is 0 Å². The first-order valence-electron chi connectivity index (χ1n) is 8.43. The highest BCUT2D eigenvalue weighted by Gasteiger charge is 2.18. The molecule has 6 heteroatoms. The van der Waals surface area contributed by atoms with Crippen molar-refractivity contribution in [2.24, 2.45) is 0 Å². The molecule has 140 valence electrons. The lowest BCUT2D eigenvalue weighted by Crippen LogP contribution is -2.15. The van der Waals surface area contributed by atoms with E-state index in [4.69, 9.17) is 4.74 Å². The molecule has 5 nitrogen and oxygen atoms in total. The summed E-state index contributed by atoms with van der Waals surface area (Å²) in [5.74, 6) is -0.438. The highest BCUT2D eigenvalue weighted by atomic mass is 32.2. The van der Waals surface area contributed by atoms with Gasteiger partial charge in [0.1, 0.15) is 0 Å². The molecule has 0 spiro atoms. The summed E-state index contributed by atoms with van der Waals surface area (Å²) in [6, 6.07) is 13.0. The van der Waals surface area contributed by atoms with E-state index in [-0.39, 0.29) is 16.4 Å². The van der Waals surface area contributed by atoms with Crippen LogP contribution in [0.1, 0.15) is 50.5 Å². The highest BCUT2D eigenvalue weighted by molar-refractivity contribution is 7.92. The molecule has 2 aromatic carbocycles. The molecule has 0 bridgehead atoms. The van der Waals surface area contributed by atoms with Gasteiger partial charge in [-0.15, -0.1) is 0 Å². The first-order valence-corrected chi connectivity index (χ1v) is 9.92. The highest BCUT2D eigenvalue weighted by Crippen LogP contribution is 2.24. The van der Waals surface area contributed by atoms with Crippen molar-refractivity contribution in [2.75, 3.05) is 4.72 Å². The second kappa shape index (κ2) is 7.50. The van der Waals surface area contributed by atoms with Crippen molar-refractivity contribution in [2.45, 2.75) is 51.0 Å². The summed E-state index contributed by atoms with van der Waals surface area (Å²) in [4.78, 5) is 12.0. The molecule has 0 heterocycles. The van der Waals surface area contributed by atoms with Gasteiger partial charge in [0.25, 0.3) is 10.0 Å². The van der Waals surface area contributed by atoms with E-state index < -0.39 is 16.0 Å². The molecular formula is C20H25NO4S. The van der Waals surface area contributed by atoms with E-state index in [2.05, 4.69) is 25.5 Å². The molecule has 0 fully saturated rings. The van der Waals surface area contributed by atoms with Gasteiger partial charge < -0.3 is 4.74 Å². The molecule has 0 amide bonds. The van der Waals surface area contributed by atoms with E-state index >= 15 is 0 Å². The summed E-state index contributed by atoms with van der Waals surface area (Å²) < 4.78 is 32.7. The van der Waals surface area contributed by atoms with Gasteiger partial charge in [0.05, 0.1) is 16.6 Å². The maximum Gasteiger partial charge on any atom is 0.338 e. The standard InChI is InChI=1S/C20H25NO4S/c1-14(2)25-19(22)15-6-10-17(11-7-15)21-26(23,24)18-12-8-16(9-13-18)20(3,4)5/h6-14,21H,1-5H3. The van der Waals surface area contributed by atoms with Crippen LogP contribution in [0.5, 0.6) is 0 Å². The van der Waals surface area contributed by atoms with Gasteiger partial charge in [0.2, 0.25) is 0 Å². The molecule has 1 N–H and O–H groups in total. The molecular weight excluding hydrogens is 350 g/mol. The Bertz CT molecular complexity index is 862. The number of nitrogens with one attached hydrogen (secondary N) is 1. The van der Waals surface area contributed by atoms with Gasteiger partial charge >= 0.3 is 5.97 Å². The van der Waals surface area contributed by atoms with Gasteiger partial charge in [-0.1, -0.05) is 32.9 Å². The van der Waals surface area contributed by atoms with Crippen LogP contribution >= 0.6 is 0 Å². The molecule has 0 aliphatic carbocycles. The van der Waals surface area contributed by atoms with Gasteiger partial charge in [-0.3, -0.25) is 4.72 Å². The Hall–Kier alpha value is -2.34. The van der Waals surface area contributed by atoms with Crippen molar-refractivity contribution in [3.8, 4) is 0 Å². The zero-order chi connectivity index (χ0) is 19.5. The maximum absolute atomic E-state index is 12.5. The van der Waals surface area contributed by atoms with Crippen molar-refractivity contribution < 1.29 is 17.9 Å². The molecule has 26 heavy (non-hydrogen) atoms. The van der Waals surface area contributed by atoms with Gasteiger partial charge in [-0.05, 0) is 61.2 Å². The molecule has 0 radical (unpaired) electrons. The minimum Gasteiger partial charge on any atom is -0.459 e. The molecule has 0 aliphatic heterocycles. The Labute approximate surface area is 155 Å². The van der Waals surface area contributed by atoms with E-state index in [0.29, 0.717) is 11.3 Å². The van der Waals surface area contributed by atoms with Crippen molar-refractivity contribution >= 4 is 21.7 Å². The van der Waals surface area contributed by atoms with Crippen LogP contribution in [-0.4, -0.2) is 20.5 Å². The average molecular weight is 375 g/mol. The molecule has 0 aliphatic rings. The minimum atomic E-state index is -3.69. The zero-order valence-electron chi connectivity index (χ0n) is 15.7. The second-order valence-electron chi connectivity index (χ2n) is 7.41. The number of esters is 1. The van der Waals surface area contributed by atoms with Gasteiger partial charge in [-0.2, -0.15) is 0 Å². The fourth-order valence-corrected chi connectivity index (χ4v) is 3.36.